The Hall–Kier alpha value is -2.56. The molecule has 3 aromatic rings. The summed E-state index contributed by atoms with van der Waals surface area (Å²) < 4.78 is 0. The van der Waals surface area contributed by atoms with E-state index < -0.39 is 0 Å². The number of nitrogens with zero attached hydrogens (tertiary/aromatic N) is 4. The van der Waals surface area contributed by atoms with Gasteiger partial charge in [0.25, 0.3) is 0 Å². The molecule has 0 aliphatic heterocycles. The van der Waals surface area contributed by atoms with E-state index in [4.69, 9.17) is 0 Å². The fraction of sp³-hybridized carbons (Fsp3) is 0.0769. The molecule has 0 bridgehead atoms. The number of aryl methyl sites for hydroxylation is 1. The number of aromatic amines is 1. The van der Waals surface area contributed by atoms with Crippen molar-refractivity contribution in [1.29, 1.82) is 0 Å². The molecule has 0 saturated heterocycles. The minimum atomic E-state index is 0.742. The molecule has 3 heterocycles. The second-order valence-corrected chi connectivity index (χ2v) is 3.89. The zero-order chi connectivity index (χ0) is 12.4. The molecule has 0 radical (unpaired) electrons. The van der Waals surface area contributed by atoms with Crippen LogP contribution < -0.4 is 0 Å². The van der Waals surface area contributed by atoms with Gasteiger partial charge in [-0.2, -0.15) is 5.10 Å². The van der Waals surface area contributed by atoms with E-state index in [0.717, 1.165) is 28.3 Å². The molecule has 0 aromatic carbocycles. The fourth-order valence-corrected chi connectivity index (χ4v) is 1.82. The molecular formula is C13H11N5. The van der Waals surface area contributed by atoms with E-state index in [2.05, 4.69) is 25.1 Å². The third-order valence-electron chi connectivity index (χ3n) is 2.64. The Morgan fingerprint density at radius 1 is 1.11 bits per heavy atom. The largest absolute Gasteiger partial charge is 0.277 e. The lowest BCUT2D eigenvalue weighted by Gasteiger charge is -2.02. The van der Waals surface area contributed by atoms with E-state index in [1.54, 1.807) is 24.8 Å². The van der Waals surface area contributed by atoms with Gasteiger partial charge < -0.3 is 0 Å². The SMILES string of the molecule is Cc1nccc(-c2cn[nH]c2-c2cccnc2)n1. The maximum atomic E-state index is 4.41. The Labute approximate surface area is 104 Å². The number of aromatic nitrogens is 5. The Bertz CT molecular complexity index is 660. The zero-order valence-electron chi connectivity index (χ0n) is 9.83. The number of hydrogen-bond acceptors (Lipinski definition) is 4. The number of rotatable bonds is 2. The highest BCUT2D eigenvalue weighted by atomic mass is 15.1. The molecule has 0 unspecified atom stereocenters. The topological polar surface area (TPSA) is 67.3 Å². The van der Waals surface area contributed by atoms with Gasteiger partial charge in [0.05, 0.1) is 17.6 Å². The molecule has 0 spiro atoms. The van der Waals surface area contributed by atoms with Crippen LogP contribution in [0.4, 0.5) is 0 Å². The Kier molecular flexibility index (Phi) is 2.57. The van der Waals surface area contributed by atoms with Crippen molar-refractivity contribution in [3.8, 4) is 22.5 Å². The van der Waals surface area contributed by atoms with Gasteiger partial charge in [-0.1, -0.05) is 0 Å². The van der Waals surface area contributed by atoms with Gasteiger partial charge in [0, 0.05) is 29.7 Å². The van der Waals surface area contributed by atoms with Crippen LogP contribution in [0.25, 0.3) is 22.5 Å². The van der Waals surface area contributed by atoms with Crippen LogP contribution in [-0.4, -0.2) is 25.1 Å². The number of pyridine rings is 1. The van der Waals surface area contributed by atoms with Crippen LogP contribution in [0.5, 0.6) is 0 Å². The number of nitrogens with one attached hydrogen (secondary N) is 1. The molecular weight excluding hydrogens is 226 g/mol. The van der Waals surface area contributed by atoms with E-state index in [-0.39, 0.29) is 0 Å². The van der Waals surface area contributed by atoms with Crippen molar-refractivity contribution in [1.82, 2.24) is 25.1 Å². The first-order valence-corrected chi connectivity index (χ1v) is 5.58. The Morgan fingerprint density at radius 3 is 2.83 bits per heavy atom. The molecule has 0 aliphatic rings. The van der Waals surface area contributed by atoms with Crippen LogP contribution in [0.1, 0.15) is 5.82 Å². The second-order valence-electron chi connectivity index (χ2n) is 3.89. The summed E-state index contributed by atoms with van der Waals surface area (Å²) in [7, 11) is 0. The lowest BCUT2D eigenvalue weighted by Crippen LogP contribution is -1.90. The van der Waals surface area contributed by atoms with Crippen LogP contribution in [0, 0.1) is 6.92 Å². The van der Waals surface area contributed by atoms with Gasteiger partial charge in [0.2, 0.25) is 0 Å². The summed E-state index contributed by atoms with van der Waals surface area (Å²) in [5.74, 6) is 0.742. The third-order valence-corrected chi connectivity index (χ3v) is 2.64. The monoisotopic (exact) mass is 237 g/mol. The Morgan fingerprint density at radius 2 is 2.06 bits per heavy atom. The maximum absolute atomic E-state index is 4.41. The Balaban J connectivity index is 2.13. The molecule has 0 aliphatic carbocycles. The standard InChI is InChI=1S/C13H11N5/c1-9-15-6-4-12(17-9)11-8-16-18-13(11)10-3-2-5-14-7-10/h2-8H,1H3,(H,16,18). The van der Waals surface area contributed by atoms with E-state index in [1.807, 2.05) is 25.1 Å². The van der Waals surface area contributed by atoms with Crippen molar-refractivity contribution >= 4 is 0 Å². The van der Waals surface area contributed by atoms with Crippen molar-refractivity contribution in [3.05, 3.63) is 48.8 Å². The van der Waals surface area contributed by atoms with Crippen molar-refractivity contribution in [2.24, 2.45) is 0 Å². The first-order valence-electron chi connectivity index (χ1n) is 5.58. The summed E-state index contributed by atoms with van der Waals surface area (Å²) in [6.45, 7) is 1.87. The van der Waals surface area contributed by atoms with Gasteiger partial charge in [-0.25, -0.2) is 9.97 Å². The highest BCUT2D eigenvalue weighted by molar-refractivity contribution is 5.77. The molecule has 5 heteroatoms. The van der Waals surface area contributed by atoms with E-state index in [9.17, 15) is 0 Å². The van der Waals surface area contributed by atoms with Gasteiger partial charge in [0.1, 0.15) is 5.82 Å². The van der Waals surface area contributed by atoms with Crippen LogP contribution >= 0.6 is 0 Å². The van der Waals surface area contributed by atoms with Crippen LogP contribution in [0.15, 0.2) is 43.0 Å². The minimum Gasteiger partial charge on any atom is -0.277 e. The summed E-state index contributed by atoms with van der Waals surface area (Å²) in [6, 6.07) is 5.75. The summed E-state index contributed by atoms with van der Waals surface area (Å²) >= 11 is 0. The van der Waals surface area contributed by atoms with Gasteiger partial charge in [-0.05, 0) is 25.1 Å². The van der Waals surface area contributed by atoms with E-state index in [1.165, 1.54) is 0 Å². The van der Waals surface area contributed by atoms with Crippen molar-refractivity contribution in [2.45, 2.75) is 6.92 Å². The van der Waals surface area contributed by atoms with Crippen LogP contribution in [0.2, 0.25) is 0 Å². The van der Waals surface area contributed by atoms with Crippen LogP contribution in [-0.2, 0) is 0 Å². The molecule has 18 heavy (non-hydrogen) atoms. The normalized spacial score (nSPS) is 10.5. The maximum Gasteiger partial charge on any atom is 0.125 e. The second kappa shape index (κ2) is 4.37. The molecule has 88 valence electrons. The quantitative estimate of drug-likeness (QED) is 0.742. The predicted octanol–water partition coefficient (Wildman–Crippen LogP) is 2.24. The summed E-state index contributed by atoms with van der Waals surface area (Å²) in [6.07, 6.45) is 7.06. The molecule has 0 saturated carbocycles. The smallest absolute Gasteiger partial charge is 0.125 e. The molecule has 1 N–H and O–H groups in total. The highest BCUT2D eigenvalue weighted by Crippen LogP contribution is 2.27. The molecule has 0 fully saturated rings. The minimum absolute atomic E-state index is 0.742. The van der Waals surface area contributed by atoms with Gasteiger partial charge in [-0.15, -0.1) is 0 Å². The lowest BCUT2D eigenvalue weighted by atomic mass is 10.1. The summed E-state index contributed by atoms with van der Waals surface area (Å²) in [5.41, 5.74) is 3.71. The molecule has 3 aromatic heterocycles. The fourth-order valence-electron chi connectivity index (χ4n) is 1.82. The van der Waals surface area contributed by atoms with Gasteiger partial charge in [-0.3, -0.25) is 10.1 Å². The summed E-state index contributed by atoms with van der Waals surface area (Å²) in [5, 5.41) is 7.08. The van der Waals surface area contributed by atoms with Crippen LogP contribution in [0.3, 0.4) is 0 Å². The zero-order valence-corrected chi connectivity index (χ0v) is 9.83. The molecule has 0 atom stereocenters. The first-order chi connectivity index (χ1) is 8.84. The van der Waals surface area contributed by atoms with Gasteiger partial charge >= 0.3 is 0 Å². The van der Waals surface area contributed by atoms with Gasteiger partial charge in [0.15, 0.2) is 0 Å². The predicted molar refractivity (Wildman–Crippen MR) is 67.6 cm³/mol. The highest BCUT2D eigenvalue weighted by Gasteiger charge is 2.11. The van der Waals surface area contributed by atoms with Crippen molar-refractivity contribution in [2.75, 3.05) is 0 Å². The average Bonchev–Trinajstić information content (AvgIpc) is 2.89. The number of hydrogen-bond donors (Lipinski definition) is 1. The summed E-state index contributed by atoms with van der Waals surface area (Å²) in [4.78, 5) is 12.6. The molecule has 0 amide bonds. The lowest BCUT2D eigenvalue weighted by molar-refractivity contribution is 1.06. The average molecular weight is 237 g/mol. The molecule has 3 rings (SSSR count). The van der Waals surface area contributed by atoms with E-state index >= 15 is 0 Å². The molecule has 5 nitrogen and oxygen atoms in total. The van der Waals surface area contributed by atoms with E-state index in [0.29, 0.717) is 0 Å². The first kappa shape index (κ1) is 10.6. The number of H-pyrrole nitrogens is 1. The van der Waals surface area contributed by atoms with Crippen molar-refractivity contribution in [3.63, 3.8) is 0 Å². The third kappa shape index (κ3) is 1.86. The van der Waals surface area contributed by atoms with Crippen molar-refractivity contribution < 1.29 is 0 Å².